The molecule has 0 N–H and O–H groups in total. The summed E-state index contributed by atoms with van der Waals surface area (Å²) in [6.45, 7) is 3.76. The number of aryl methyl sites for hydroxylation is 2. The van der Waals surface area contributed by atoms with Crippen LogP contribution in [0.3, 0.4) is 0 Å². The Balaban J connectivity index is 1.75. The van der Waals surface area contributed by atoms with Crippen molar-refractivity contribution >= 4 is 11.9 Å². The molecule has 2 heterocycles. The fourth-order valence-electron chi connectivity index (χ4n) is 3.42. The molecule has 5 heteroatoms. The average Bonchev–Trinajstić information content (AvgIpc) is 3.28. The fraction of sp³-hybridized carbons (Fsp3) is 0.125. The highest BCUT2D eigenvalue weighted by Crippen LogP contribution is 2.25. The number of para-hydroxylation sites is 1. The number of carbonyl (C=O) groups excluding carboxylic acids is 1. The third kappa shape index (κ3) is 3.67. The normalized spacial score (nSPS) is 11.3. The van der Waals surface area contributed by atoms with Gasteiger partial charge in [0.15, 0.2) is 5.78 Å². The lowest BCUT2D eigenvalue weighted by atomic mass is 10.1. The SMILES string of the molecule is Cc1nn(C)c(C)c1C(=O)/C=C/c1cn(-c2ccccc2)nc1-c1ccccc1. The molecule has 0 radical (unpaired) electrons. The summed E-state index contributed by atoms with van der Waals surface area (Å²) in [4.78, 5) is 12.8. The van der Waals surface area contributed by atoms with Crippen LogP contribution in [0, 0.1) is 13.8 Å². The lowest BCUT2D eigenvalue weighted by Gasteiger charge is -2.00. The Labute approximate surface area is 169 Å². The Kier molecular flexibility index (Phi) is 4.96. The van der Waals surface area contributed by atoms with Crippen molar-refractivity contribution in [2.24, 2.45) is 7.05 Å². The number of aromatic nitrogens is 4. The summed E-state index contributed by atoms with van der Waals surface area (Å²) in [7, 11) is 1.85. The summed E-state index contributed by atoms with van der Waals surface area (Å²) in [5.74, 6) is -0.0560. The van der Waals surface area contributed by atoms with Crippen molar-refractivity contribution in [3.05, 3.63) is 95.5 Å². The molecule has 0 spiro atoms. The van der Waals surface area contributed by atoms with Gasteiger partial charge in [-0.2, -0.15) is 10.2 Å². The standard InChI is InChI=1S/C24H22N4O/c1-17-23(18(2)27(3)25-17)22(29)15-14-20-16-28(21-12-8-5-9-13-21)26-24(20)19-10-6-4-7-11-19/h4-16H,1-3H3/b15-14+. The fourth-order valence-corrected chi connectivity index (χ4v) is 3.42. The Bertz CT molecular complexity index is 1180. The molecule has 4 rings (SSSR count). The molecule has 0 aliphatic rings. The Morgan fingerprint density at radius 2 is 1.59 bits per heavy atom. The summed E-state index contributed by atoms with van der Waals surface area (Å²) in [6, 6.07) is 19.9. The van der Waals surface area contributed by atoms with Crippen molar-refractivity contribution in [3.8, 4) is 16.9 Å². The molecule has 144 valence electrons. The largest absolute Gasteiger partial charge is 0.289 e. The number of hydrogen-bond donors (Lipinski definition) is 0. The smallest absolute Gasteiger partial charge is 0.189 e. The number of nitrogens with zero attached hydrogens (tertiary/aromatic N) is 4. The van der Waals surface area contributed by atoms with E-state index in [2.05, 4.69) is 5.10 Å². The van der Waals surface area contributed by atoms with Crippen molar-refractivity contribution in [2.45, 2.75) is 13.8 Å². The minimum atomic E-state index is -0.0560. The van der Waals surface area contributed by atoms with Crippen LogP contribution in [-0.2, 0) is 7.05 Å². The van der Waals surface area contributed by atoms with E-state index >= 15 is 0 Å². The number of ketones is 1. The van der Waals surface area contributed by atoms with Crippen molar-refractivity contribution in [3.63, 3.8) is 0 Å². The van der Waals surface area contributed by atoms with Crippen LogP contribution in [0.4, 0.5) is 0 Å². The molecular weight excluding hydrogens is 360 g/mol. The van der Waals surface area contributed by atoms with Crippen LogP contribution in [0.5, 0.6) is 0 Å². The van der Waals surface area contributed by atoms with E-state index in [0.717, 1.165) is 33.9 Å². The van der Waals surface area contributed by atoms with Crippen LogP contribution < -0.4 is 0 Å². The number of carbonyl (C=O) groups is 1. The van der Waals surface area contributed by atoms with Crippen LogP contribution in [0.2, 0.25) is 0 Å². The number of benzene rings is 2. The van der Waals surface area contributed by atoms with Gasteiger partial charge in [-0.15, -0.1) is 0 Å². The van der Waals surface area contributed by atoms with Crippen molar-refractivity contribution in [1.82, 2.24) is 19.6 Å². The summed E-state index contributed by atoms with van der Waals surface area (Å²) in [5, 5.41) is 9.12. The van der Waals surface area contributed by atoms with Crippen LogP contribution in [0.1, 0.15) is 27.3 Å². The summed E-state index contributed by atoms with van der Waals surface area (Å²) in [6.07, 6.45) is 5.39. The number of rotatable bonds is 5. The lowest BCUT2D eigenvalue weighted by Crippen LogP contribution is -1.99. The first kappa shape index (κ1) is 18.6. The average molecular weight is 382 g/mol. The van der Waals surface area contributed by atoms with E-state index in [1.54, 1.807) is 10.8 Å². The topological polar surface area (TPSA) is 52.7 Å². The maximum atomic E-state index is 12.8. The second kappa shape index (κ2) is 7.72. The third-order valence-corrected chi connectivity index (χ3v) is 4.98. The Hall–Kier alpha value is -3.73. The molecule has 2 aromatic heterocycles. The molecule has 5 nitrogen and oxygen atoms in total. The van der Waals surface area contributed by atoms with Crippen LogP contribution in [0.15, 0.2) is 72.9 Å². The maximum absolute atomic E-state index is 12.8. The molecule has 4 aromatic rings. The number of hydrogen-bond acceptors (Lipinski definition) is 3. The summed E-state index contributed by atoms with van der Waals surface area (Å²) < 4.78 is 3.58. The van der Waals surface area contributed by atoms with Gasteiger partial charge >= 0.3 is 0 Å². The second-order valence-corrected chi connectivity index (χ2v) is 6.95. The number of allylic oxidation sites excluding steroid dienone is 1. The van der Waals surface area contributed by atoms with E-state index in [1.165, 1.54) is 0 Å². The maximum Gasteiger partial charge on any atom is 0.189 e. The second-order valence-electron chi connectivity index (χ2n) is 6.95. The highest BCUT2D eigenvalue weighted by molar-refractivity contribution is 6.08. The summed E-state index contributed by atoms with van der Waals surface area (Å²) >= 11 is 0. The van der Waals surface area contributed by atoms with Gasteiger partial charge in [-0.1, -0.05) is 48.5 Å². The first-order valence-corrected chi connectivity index (χ1v) is 9.47. The van der Waals surface area contributed by atoms with Crippen molar-refractivity contribution in [2.75, 3.05) is 0 Å². The molecule has 2 aromatic carbocycles. The molecular formula is C24H22N4O. The third-order valence-electron chi connectivity index (χ3n) is 4.98. The molecule has 0 saturated heterocycles. The zero-order chi connectivity index (χ0) is 20.4. The van der Waals surface area contributed by atoms with Gasteiger partial charge in [0.25, 0.3) is 0 Å². The Morgan fingerprint density at radius 3 is 2.21 bits per heavy atom. The van der Waals surface area contributed by atoms with Gasteiger partial charge in [0.1, 0.15) is 0 Å². The van der Waals surface area contributed by atoms with E-state index in [-0.39, 0.29) is 5.78 Å². The molecule has 0 fully saturated rings. The summed E-state index contributed by atoms with van der Waals surface area (Å²) in [5.41, 5.74) is 5.94. The van der Waals surface area contributed by atoms with Gasteiger partial charge in [-0.3, -0.25) is 9.48 Å². The molecule has 29 heavy (non-hydrogen) atoms. The first-order valence-electron chi connectivity index (χ1n) is 9.47. The lowest BCUT2D eigenvalue weighted by molar-refractivity contribution is 0.104. The highest BCUT2D eigenvalue weighted by Gasteiger charge is 2.16. The predicted octanol–water partition coefficient (Wildman–Crippen LogP) is 4.79. The van der Waals surface area contributed by atoms with Gasteiger partial charge in [0, 0.05) is 30.1 Å². The molecule has 0 bridgehead atoms. The van der Waals surface area contributed by atoms with E-state index in [0.29, 0.717) is 5.56 Å². The van der Waals surface area contributed by atoms with Crippen molar-refractivity contribution < 1.29 is 4.79 Å². The van der Waals surface area contributed by atoms with E-state index in [4.69, 9.17) is 5.10 Å². The zero-order valence-electron chi connectivity index (χ0n) is 16.7. The molecule has 0 saturated carbocycles. The zero-order valence-corrected chi connectivity index (χ0v) is 16.7. The monoisotopic (exact) mass is 382 g/mol. The minimum absolute atomic E-state index is 0.0560. The minimum Gasteiger partial charge on any atom is -0.289 e. The Morgan fingerprint density at radius 1 is 0.931 bits per heavy atom. The van der Waals surface area contributed by atoms with E-state index < -0.39 is 0 Å². The van der Waals surface area contributed by atoms with Gasteiger partial charge in [-0.25, -0.2) is 4.68 Å². The van der Waals surface area contributed by atoms with Gasteiger partial charge in [0.05, 0.1) is 22.6 Å². The van der Waals surface area contributed by atoms with Crippen molar-refractivity contribution in [1.29, 1.82) is 0 Å². The molecule has 0 amide bonds. The molecule has 0 aliphatic carbocycles. The molecule has 0 unspecified atom stereocenters. The van der Waals surface area contributed by atoms with Crippen LogP contribution in [-0.4, -0.2) is 25.3 Å². The van der Waals surface area contributed by atoms with Gasteiger partial charge < -0.3 is 0 Å². The first-order chi connectivity index (χ1) is 14.0. The quantitative estimate of drug-likeness (QED) is 0.368. The van der Waals surface area contributed by atoms with Gasteiger partial charge in [0.2, 0.25) is 0 Å². The predicted molar refractivity (Wildman–Crippen MR) is 115 cm³/mol. The van der Waals surface area contributed by atoms with Crippen LogP contribution in [0.25, 0.3) is 23.0 Å². The van der Waals surface area contributed by atoms with Crippen LogP contribution >= 0.6 is 0 Å². The molecule has 0 aliphatic heterocycles. The highest BCUT2D eigenvalue weighted by atomic mass is 16.1. The van der Waals surface area contributed by atoms with Gasteiger partial charge in [-0.05, 0) is 38.1 Å². The molecule has 0 atom stereocenters. The van der Waals surface area contributed by atoms with E-state index in [9.17, 15) is 4.79 Å². The van der Waals surface area contributed by atoms with E-state index in [1.807, 2.05) is 98.5 Å².